The maximum atomic E-state index is 12.1. The Labute approximate surface area is 124 Å². The van der Waals surface area contributed by atoms with Gasteiger partial charge in [0.25, 0.3) is 10.0 Å². The summed E-state index contributed by atoms with van der Waals surface area (Å²) < 4.78 is 27.6. The van der Waals surface area contributed by atoms with Crippen LogP contribution in [0.15, 0.2) is 53.4 Å². The van der Waals surface area contributed by atoms with Gasteiger partial charge in [-0.1, -0.05) is 29.8 Å². The lowest BCUT2D eigenvalue weighted by atomic mass is 10.3. The van der Waals surface area contributed by atoms with Gasteiger partial charge >= 0.3 is 0 Å². The molecule has 0 aromatic heterocycles. The minimum absolute atomic E-state index is 0.148. The van der Waals surface area contributed by atoms with E-state index in [1.54, 1.807) is 24.3 Å². The second-order valence-electron chi connectivity index (χ2n) is 3.54. The van der Waals surface area contributed by atoms with Crippen LogP contribution in [0.4, 0.5) is 5.69 Å². The highest BCUT2D eigenvalue weighted by Crippen LogP contribution is 2.22. The lowest BCUT2D eigenvalue weighted by Gasteiger charge is -2.09. The summed E-state index contributed by atoms with van der Waals surface area (Å²) in [6, 6.07) is 13.3. The van der Waals surface area contributed by atoms with Crippen LogP contribution in [-0.2, 0) is 10.0 Å². The first-order valence-corrected chi connectivity index (χ1v) is 7.96. The summed E-state index contributed by atoms with van der Waals surface area (Å²) in [6.07, 6.45) is 0. The Bertz CT molecular complexity index is 673. The molecule has 0 fully saturated rings. The van der Waals surface area contributed by atoms with E-state index in [9.17, 15) is 8.42 Å². The smallest absolute Gasteiger partial charge is 0.261 e. The molecule has 0 bridgehead atoms. The van der Waals surface area contributed by atoms with Gasteiger partial charge < -0.3 is 0 Å². The summed E-state index contributed by atoms with van der Waals surface area (Å²) in [7, 11) is -3.60. The minimum atomic E-state index is -3.60. The summed E-state index contributed by atoms with van der Waals surface area (Å²) in [5.74, 6) is 0. The monoisotopic (exact) mass is 393 g/mol. The molecule has 2 aromatic carbocycles. The van der Waals surface area contributed by atoms with E-state index in [1.807, 2.05) is 12.1 Å². The Hall–Kier alpha value is -0.790. The summed E-state index contributed by atoms with van der Waals surface area (Å²) >= 11 is 7.86. The van der Waals surface area contributed by atoms with E-state index in [4.69, 9.17) is 11.6 Å². The number of hydrogen-bond donors (Lipinski definition) is 1. The van der Waals surface area contributed by atoms with E-state index in [1.165, 1.54) is 12.1 Å². The molecular weight excluding hydrogens is 385 g/mol. The van der Waals surface area contributed by atoms with E-state index in [0.717, 1.165) is 3.57 Å². The van der Waals surface area contributed by atoms with Crippen molar-refractivity contribution in [3.8, 4) is 0 Å². The predicted molar refractivity (Wildman–Crippen MR) is 81.4 cm³/mol. The molecule has 2 aromatic rings. The van der Waals surface area contributed by atoms with Gasteiger partial charge in [0.15, 0.2) is 0 Å². The number of hydrogen-bond acceptors (Lipinski definition) is 2. The highest BCUT2D eigenvalue weighted by Gasteiger charge is 2.15. The molecule has 6 heteroatoms. The molecule has 0 aliphatic heterocycles. The number of sulfonamides is 1. The van der Waals surface area contributed by atoms with Crippen molar-refractivity contribution < 1.29 is 8.42 Å². The van der Waals surface area contributed by atoms with Crippen molar-refractivity contribution in [1.29, 1.82) is 0 Å². The van der Waals surface area contributed by atoms with Crippen molar-refractivity contribution in [2.45, 2.75) is 4.90 Å². The lowest BCUT2D eigenvalue weighted by Crippen LogP contribution is -2.13. The Morgan fingerprint density at radius 1 is 1.06 bits per heavy atom. The van der Waals surface area contributed by atoms with Crippen LogP contribution >= 0.6 is 34.2 Å². The first kappa shape index (κ1) is 13.6. The van der Waals surface area contributed by atoms with Crippen LogP contribution in [-0.4, -0.2) is 8.42 Å². The second kappa shape index (κ2) is 5.46. The third-order valence-electron chi connectivity index (χ3n) is 2.22. The van der Waals surface area contributed by atoms with E-state index >= 15 is 0 Å². The van der Waals surface area contributed by atoms with Crippen molar-refractivity contribution in [1.82, 2.24) is 0 Å². The fourth-order valence-corrected chi connectivity index (χ4v) is 3.47. The summed E-state index contributed by atoms with van der Waals surface area (Å²) in [6.45, 7) is 0. The van der Waals surface area contributed by atoms with Crippen LogP contribution < -0.4 is 4.72 Å². The van der Waals surface area contributed by atoms with Crippen LogP contribution in [0, 0.1) is 3.57 Å². The molecule has 18 heavy (non-hydrogen) atoms. The average molecular weight is 394 g/mol. The Balaban J connectivity index is 2.37. The van der Waals surface area contributed by atoms with Crippen molar-refractivity contribution in [3.05, 3.63) is 57.1 Å². The number of nitrogens with one attached hydrogen (secondary N) is 1. The van der Waals surface area contributed by atoms with Crippen molar-refractivity contribution in [2.24, 2.45) is 0 Å². The molecule has 3 nitrogen and oxygen atoms in total. The predicted octanol–water partition coefficient (Wildman–Crippen LogP) is 3.75. The Morgan fingerprint density at radius 2 is 1.78 bits per heavy atom. The van der Waals surface area contributed by atoms with Gasteiger partial charge in [-0.15, -0.1) is 0 Å². The molecule has 0 radical (unpaired) electrons. The van der Waals surface area contributed by atoms with Crippen LogP contribution in [0.5, 0.6) is 0 Å². The summed E-state index contributed by atoms with van der Waals surface area (Å²) in [5, 5.41) is 0.389. The maximum absolute atomic E-state index is 12.1. The van der Waals surface area contributed by atoms with E-state index in [-0.39, 0.29) is 4.90 Å². The van der Waals surface area contributed by atoms with Crippen molar-refractivity contribution in [2.75, 3.05) is 4.72 Å². The maximum Gasteiger partial charge on any atom is 0.261 e. The van der Waals surface area contributed by atoms with E-state index in [0.29, 0.717) is 10.7 Å². The third-order valence-corrected chi connectivity index (χ3v) is 4.76. The van der Waals surface area contributed by atoms with E-state index < -0.39 is 10.0 Å². The molecule has 94 valence electrons. The molecule has 0 unspecified atom stereocenters. The normalized spacial score (nSPS) is 11.2. The molecule has 0 aliphatic rings. The van der Waals surface area contributed by atoms with E-state index in [2.05, 4.69) is 27.3 Å². The molecule has 2 rings (SSSR count). The topological polar surface area (TPSA) is 46.2 Å². The molecular formula is C12H9ClINO2S. The van der Waals surface area contributed by atoms with Crippen molar-refractivity contribution in [3.63, 3.8) is 0 Å². The molecule has 0 aliphatic carbocycles. The Kier molecular flexibility index (Phi) is 4.14. The molecule has 0 heterocycles. The van der Waals surface area contributed by atoms with Gasteiger partial charge in [-0.2, -0.15) is 0 Å². The van der Waals surface area contributed by atoms with Crippen LogP contribution in [0.1, 0.15) is 0 Å². The standard InChI is InChI=1S/C12H9ClINO2S/c13-9-4-3-5-10(8-9)18(16,17)15-12-7-2-1-6-11(12)14/h1-8,15H. The number of benzene rings is 2. The zero-order chi connectivity index (χ0) is 13.2. The quantitative estimate of drug-likeness (QED) is 0.808. The first-order chi connectivity index (χ1) is 8.49. The lowest BCUT2D eigenvalue weighted by molar-refractivity contribution is 0.601. The molecule has 0 amide bonds. The van der Waals surface area contributed by atoms with Crippen LogP contribution in [0.25, 0.3) is 0 Å². The molecule has 0 atom stereocenters. The fraction of sp³-hybridized carbons (Fsp3) is 0. The minimum Gasteiger partial charge on any atom is -0.279 e. The van der Waals surface area contributed by atoms with Crippen LogP contribution in [0.2, 0.25) is 5.02 Å². The average Bonchev–Trinajstić information content (AvgIpc) is 2.32. The largest absolute Gasteiger partial charge is 0.279 e. The first-order valence-electron chi connectivity index (χ1n) is 5.02. The number of anilines is 1. The Morgan fingerprint density at radius 3 is 2.44 bits per heavy atom. The molecule has 0 saturated heterocycles. The zero-order valence-electron chi connectivity index (χ0n) is 9.10. The van der Waals surface area contributed by atoms with Gasteiger partial charge in [0.05, 0.1) is 10.6 Å². The SMILES string of the molecule is O=S(=O)(Nc1ccccc1I)c1cccc(Cl)c1. The van der Waals surface area contributed by atoms with Gasteiger partial charge in [0, 0.05) is 8.59 Å². The molecule has 0 spiro atoms. The van der Waals surface area contributed by atoms with Crippen LogP contribution in [0.3, 0.4) is 0 Å². The van der Waals surface area contributed by atoms with Gasteiger partial charge in [-0.25, -0.2) is 8.42 Å². The van der Waals surface area contributed by atoms with Gasteiger partial charge in [-0.05, 0) is 52.9 Å². The third kappa shape index (κ3) is 3.15. The van der Waals surface area contributed by atoms with Crippen molar-refractivity contribution >= 4 is 49.9 Å². The number of halogens is 2. The number of rotatable bonds is 3. The molecule has 1 N–H and O–H groups in total. The van der Waals surface area contributed by atoms with Gasteiger partial charge in [-0.3, -0.25) is 4.72 Å². The molecule has 0 saturated carbocycles. The second-order valence-corrected chi connectivity index (χ2v) is 6.82. The van der Waals surface area contributed by atoms with Gasteiger partial charge in [0.1, 0.15) is 0 Å². The highest BCUT2D eigenvalue weighted by atomic mass is 127. The fourth-order valence-electron chi connectivity index (χ4n) is 1.38. The zero-order valence-corrected chi connectivity index (χ0v) is 12.8. The van der Waals surface area contributed by atoms with Gasteiger partial charge in [0.2, 0.25) is 0 Å². The summed E-state index contributed by atoms with van der Waals surface area (Å²) in [5.41, 5.74) is 0.554. The number of para-hydroxylation sites is 1. The summed E-state index contributed by atoms with van der Waals surface area (Å²) in [4.78, 5) is 0.148. The highest BCUT2D eigenvalue weighted by molar-refractivity contribution is 14.1.